The number of ether oxygens (including phenoxy) is 1. The monoisotopic (exact) mass is 189 g/mol. The molecule has 13 heavy (non-hydrogen) atoms. The Morgan fingerprint density at radius 3 is 2.38 bits per heavy atom. The molecule has 4 heteroatoms. The van der Waals surface area contributed by atoms with Crippen LogP contribution in [-0.4, -0.2) is 44.0 Å². The summed E-state index contributed by atoms with van der Waals surface area (Å²) in [6.45, 7) is 4.55. The van der Waals surface area contributed by atoms with Crippen LogP contribution in [0, 0.1) is 5.21 Å². The number of hydrogen-bond acceptors (Lipinski definition) is 4. The van der Waals surface area contributed by atoms with Gasteiger partial charge in [0.1, 0.15) is 0 Å². The summed E-state index contributed by atoms with van der Waals surface area (Å²) in [4.78, 5) is 0. The highest BCUT2D eigenvalue weighted by atomic mass is 16.5. The first kappa shape index (κ1) is 12.8. The van der Waals surface area contributed by atoms with Gasteiger partial charge in [0.05, 0.1) is 0 Å². The van der Waals surface area contributed by atoms with Gasteiger partial charge >= 0.3 is 0 Å². The number of hydrazine groups is 1. The van der Waals surface area contributed by atoms with Crippen molar-refractivity contribution in [2.24, 2.45) is 0 Å². The van der Waals surface area contributed by atoms with E-state index in [0.717, 1.165) is 44.2 Å². The first-order chi connectivity index (χ1) is 6.18. The van der Waals surface area contributed by atoms with Gasteiger partial charge in [-0.3, -0.25) is 5.01 Å². The molecule has 0 N–H and O–H groups in total. The van der Waals surface area contributed by atoms with Crippen LogP contribution in [0.5, 0.6) is 0 Å². The summed E-state index contributed by atoms with van der Waals surface area (Å²) in [7, 11) is 3.30. The third-order valence-electron chi connectivity index (χ3n) is 1.85. The van der Waals surface area contributed by atoms with E-state index < -0.39 is 0 Å². The standard InChI is InChI=1S/C9H21N2O2/c1-4-8-13-9-6-5-7-10(2)11(3)12/h4-9H2,1-3H3/q-1. The number of rotatable bonds is 8. The van der Waals surface area contributed by atoms with Crippen molar-refractivity contribution in [3.8, 4) is 0 Å². The minimum absolute atomic E-state index is 0.801. The van der Waals surface area contributed by atoms with Crippen molar-refractivity contribution in [3.05, 3.63) is 5.21 Å². The van der Waals surface area contributed by atoms with Crippen LogP contribution in [0.25, 0.3) is 0 Å². The lowest BCUT2D eigenvalue weighted by Crippen LogP contribution is -2.32. The normalized spacial score (nSPS) is 11.5. The molecule has 80 valence electrons. The minimum Gasteiger partial charge on any atom is -0.772 e. The Balaban J connectivity index is 3.07. The zero-order valence-electron chi connectivity index (χ0n) is 8.95. The highest BCUT2D eigenvalue weighted by Gasteiger charge is 1.95. The van der Waals surface area contributed by atoms with Gasteiger partial charge in [-0.25, -0.2) is 0 Å². The maximum atomic E-state index is 10.7. The lowest BCUT2D eigenvalue weighted by molar-refractivity contribution is 0.0715. The molecule has 0 unspecified atom stereocenters. The van der Waals surface area contributed by atoms with Crippen LogP contribution in [-0.2, 0) is 4.74 Å². The highest BCUT2D eigenvalue weighted by Crippen LogP contribution is 1.95. The van der Waals surface area contributed by atoms with Gasteiger partial charge in [0, 0.05) is 26.8 Å². The molecule has 0 aromatic carbocycles. The largest absolute Gasteiger partial charge is 0.772 e. The molecular formula is C9H21N2O2-. The summed E-state index contributed by atoms with van der Waals surface area (Å²) in [5.74, 6) is 0. The second-order valence-corrected chi connectivity index (χ2v) is 3.16. The summed E-state index contributed by atoms with van der Waals surface area (Å²) in [6, 6.07) is 0. The summed E-state index contributed by atoms with van der Waals surface area (Å²) in [5.41, 5.74) is 0. The van der Waals surface area contributed by atoms with Gasteiger partial charge in [-0.2, -0.15) is 0 Å². The van der Waals surface area contributed by atoms with E-state index in [0.29, 0.717) is 0 Å². The number of hydrogen-bond donors (Lipinski definition) is 0. The number of nitrogens with zero attached hydrogens (tertiary/aromatic N) is 2. The zero-order valence-corrected chi connectivity index (χ0v) is 8.95. The Kier molecular flexibility index (Phi) is 8.33. The van der Waals surface area contributed by atoms with Gasteiger partial charge in [0.2, 0.25) is 0 Å². The van der Waals surface area contributed by atoms with Crippen molar-refractivity contribution in [2.75, 3.05) is 33.9 Å². The molecule has 0 heterocycles. The molecular weight excluding hydrogens is 168 g/mol. The summed E-state index contributed by atoms with van der Waals surface area (Å²) >= 11 is 0. The third-order valence-corrected chi connectivity index (χ3v) is 1.85. The fourth-order valence-corrected chi connectivity index (χ4v) is 0.932. The van der Waals surface area contributed by atoms with Crippen LogP contribution < -0.4 is 0 Å². The first-order valence-corrected chi connectivity index (χ1v) is 4.88. The Hall–Kier alpha value is -0.160. The van der Waals surface area contributed by atoms with Gasteiger partial charge in [-0.1, -0.05) is 6.92 Å². The molecule has 0 amide bonds. The van der Waals surface area contributed by atoms with Crippen LogP contribution in [0.15, 0.2) is 0 Å². The van der Waals surface area contributed by atoms with Crippen molar-refractivity contribution in [2.45, 2.75) is 26.2 Å². The SMILES string of the molecule is CCCOCCCCN(C)N(C)[O-]. The highest BCUT2D eigenvalue weighted by molar-refractivity contribution is 4.48. The molecule has 4 nitrogen and oxygen atoms in total. The van der Waals surface area contributed by atoms with Crippen molar-refractivity contribution >= 4 is 0 Å². The van der Waals surface area contributed by atoms with E-state index >= 15 is 0 Å². The van der Waals surface area contributed by atoms with Gasteiger partial charge in [-0.05, 0) is 26.3 Å². The van der Waals surface area contributed by atoms with E-state index in [4.69, 9.17) is 4.74 Å². The fourth-order valence-electron chi connectivity index (χ4n) is 0.932. The average molecular weight is 189 g/mol. The molecule has 0 saturated carbocycles. The number of hydroxylamine groups is 1. The Bertz CT molecular complexity index is 110. The van der Waals surface area contributed by atoms with Gasteiger partial charge < -0.3 is 15.1 Å². The smallest absolute Gasteiger partial charge is 0.0466 e. The molecule has 0 atom stereocenters. The third kappa shape index (κ3) is 8.18. The molecule has 0 rings (SSSR count). The predicted molar refractivity (Wildman–Crippen MR) is 54.1 cm³/mol. The molecule has 0 aliphatic carbocycles. The fraction of sp³-hybridized carbons (Fsp3) is 1.00. The second kappa shape index (κ2) is 8.44. The van der Waals surface area contributed by atoms with E-state index in [2.05, 4.69) is 6.92 Å². The predicted octanol–water partition coefficient (Wildman–Crippen LogP) is 1.47. The van der Waals surface area contributed by atoms with E-state index in [1.54, 1.807) is 12.1 Å². The van der Waals surface area contributed by atoms with Crippen molar-refractivity contribution in [1.82, 2.24) is 10.2 Å². The molecule has 0 bridgehead atoms. The minimum atomic E-state index is 0.801. The Morgan fingerprint density at radius 1 is 1.15 bits per heavy atom. The first-order valence-electron chi connectivity index (χ1n) is 4.88. The van der Waals surface area contributed by atoms with Gasteiger partial charge in [0.25, 0.3) is 0 Å². The average Bonchev–Trinajstić information content (AvgIpc) is 2.10. The lowest BCUT2D eigenvalue weighted by Gasteiger charge is -2.33. The van der Waals surface area contributed by atoms with E-state index in [1.807, 2.05) is 0 Å². The number of unbranched alkanes of at least 4 members (excludes halogenated alkanes) is 1. The summed E-state index contributed by atoms with van der Waals surface area (Å²) in [5, 5.41) is 13.2. The molecule has 0 aliphatic heterocycles. The van der Waals surface area contributed by atoms with Gasteiger partial charge in [-0.15, -0.1) is 0 Å². The van der Waals surface area contributed by atoms with E-state index in [9.17, 15) is 5.21 Å². The molecule has 0 spiro atoms. The quantitative estimate of drug-likeness (QED) is 0.428. The van der Waals surface area contributed by atoms with Crippen molar-refractivity contribution in [1.29, 1.82) is 0 Å². The molecule has 0 aromatic rings. The van der Waals surface area contributed by atoms with Crippen LogP contribution in [0.1, 0.15) is 26.2 Å². The van der Waals surface area contributed by atoms with E-state index in [1.165, 1.54) is 7.05 Å². The van der Waals surface area contributed by atoms with Crippen LogP contribution in [0.4, 0.5) is 0 Å². The molecule has 0 aromatic heterocycles. The topological polar surface area (TPSA) is 38.8 Å². The molecule has 0 aliphatic rings. The summed E-state index contributed by atoms with van der Waals surface area (Å²) < 4.78 is 5.31. The summed E-state index contributed by atoms with van der Waals surface area (Å²) in [6.07, 6.45) is 3.11. The maximum Gasteiger partial charge on any atom is 0.0466 e. The lowest BCUT2D eigenvalue weighted by atomic mass is 10.3. The molecule has 0 radical (unpaired) electrons. The Labute approximate surface area is 81.0 Å². The van der Waals surface area contributed by atoms with Crippen LogP contribution in [0.3, 0.4) is 0 Å². The van der Waals surface area contributed by atoms with Crippen LogP contribution >= 0.6 is 0 Å². The van der Waals surface area contributed by atoms with Crippen molar-refractivity contribution < 1.29 is 4.74 Å². The zero-order chi connectivity index (χ0) is 10.1. The van der Waals surface area contributed by atoms with Gasteiger partial charge in [0.15, 0.2) is 0 Å². The second-order valence-electron chi connectivity index (χ2n) is 3.16. The molecule has 0 fully saturated rings. The Morgan fingerprint density at radius 2 is 1.85 bits per heavy atom. The van der Waals surface area contributed by atoms with E-state index in [-0.39, 0.29) is 0 Å². The van der Waals surface area contributed by atoms with Crippen molar-refractivity contribution in [3.63, 3.8) is 0 Å². The maximum absolute atomic E-state index is 10.7. The van der Waals surface area contributed by atoms with Crippen LogP contribution in [0.2, 0.25) is 0 Å². The molecule has 0 saturated heterocycles.